The number of rotatable bonds is 5. The second-order valence-corrected chi connectivity index (χ2v) is 8.48. The third kappa shape index (κ3) is 4.30. The first-order chi connectivity index (χ1) is 14.2. The molecule has 31 heavy (non-hydrogen) atoms. The lowest BCUT2D eigenvalue weighted by molar-refractivity contribution is -0.149. The Labute approximate surface area is 177 Å². The highest BCUT2D eigenvalue weighted by Gasteiger charge is 2.54. The number of nitrogens with one attached hydrogen (secondary N) is 2. The van der Waals surface area contributed by atoms with Crippen molar-refractivity contribution in [1.82, 2.24) is 14.9 Å². The van der Waals surface area contributed by atoms with Gasteiger partial charge in [-0.05, 0) is 39.3 Å². The van der Waals surface area contributed by atoms with E-state index in [0.29, 0.717) is 16.9 Å². The molecule has 2 aromatic heterocycles. The van der Waals surface area contributed by atoms with Gasteiger partial charge in [-0.2, -0.15) is 4.39 Å². The minimum absolute atomic E-state index is 0.184. The average Bonchev–Trinajstić information content (AvgIpc) is 2.84. The number of aliphatic hydroxyl groups excluding tert-OH is 1. The van der Waals surface area contributed by atoms with Crippen LogP contribution >= 0.6 is 0 Å². The highest BCUT2D eigenvalue weighted by atomic mass is 19.3. The minimum Gasteiger partial charge on any atom is -0.377 e. The summed E-state index contributed by atoms with van der Waals surface area (Å²) in [7, 11) is 1.59. The monoisotopic (exact) mass is 438 g/mol. The summed E-state index contributed by atoms with van der Waals surface area (Å²) in [4.78, 5) is 29.0. The molecule has 2 amide bonds. The molecule has 7 nitrogen and oxygen atoms in total. The lowest BCUT2D eigenvalue weighted by Gasteiger charge is -2.45. The quantitative estimate of drug-likeness (QED) is 0.625. The molecule has 0 bridgehead atoms. The van der Waals surface area contributed by atoms with Crippen LogP contribution in [-0.2, 0) is 11.8 Å². The first-order valence-electron chi connectivity index (χ1n) is 9.72. The first-order valence-corrected chi connectivity index (χ1v) is 9.72. The molecule has 1 unspecified atom stereocenters. The van der Waals surface area contributed by atoms with Crippen LogP contribution in [0.2, 0.25) is 0 Å². The largest absolute Gasteiger partial charge is 0.377 e. The van der Waals surface area contributed by atoms with Gasteiger partial charge in [-0.25, -0.2) is 13.8 Å². The van der Waals surface area contributed by atoms with Crippen molar-refractivity contribution >= 4 is 17.5 Å². The van der Waals surface area contributed by atoms with Crippen molar-refractivity contribution in [2.75, 3.05) is 5.32 Å². The summed E-state index contributed by atoms with van der Waals surface area (Å²) in [5.41, 5.74) is 0.757. The number of hydrogen-bond acceptors (Lipinski definition) is 4. The summed E-state index contributed by atoms with van der Waals surface area (Å²) in [5, 5.41) is 15.8. The minimum atomic E-state index is -2.83. The molecular formula is C21H25F3N4O3. The molecule has 0 aromatic carbocycles. The van der Waals surface area contributed by atoms with Crippen molar-refractivity contribution < 1.29 is 27.9 Å². The van der Waals surface area contributed by atoms with E-state index in [-0.39, 0.29) is 16.8 Å². The van der Waals surface area contributed by atoms with Crippen molar-refractivity contribution in [2.45, 2.75) is 58.1 Å². The second-order valence-electron chi connectivity index (χ2n) is 8.48. The third-order valence-corrected chi connectivity index (χ3v) is 5.71. The number of amides is 2. The van der Waals surface area contributed by atoms with Gasteiger partial charge in [0.15, 0.2) is 6.10 Å². The normalized spacial score (nSPS) is 17.6. The van der Waals surface area contributed by atoms with E-state index in [4.69, 9.17) is 0 Å². The van der Waals surface area contributed by atoms with E-state index in [9.17, 15) is 27.9 Å². The number of pyridine rings is 1. The maximum absolute atomic E-state index is 13.4. The summed E-state index contributed by atoms with van der Waals surface area (Å²) >= 11 is 0. The first kappa shape index (κ1) is 22.8. The zero-order chi connectivity index (χ0) is 23.3. The molecule has 3 N–H and O–H groups in total. The molecule has 0 radical (unpaired) electrons. The Morgan fingerprint density at radius 1 is 1.26 bits per heavy atom. The van der Waals surface area contributed by atoms with Crippen LogP contribution in [0.5, 0.6) is 0 Å². The predicted octanol–water partition coefficient (Wildman–Crippen LogP) is 3.07. The number of aryl methyl sites for hydroxylation is 1. The van der Waals surface area contributed by atoms with Gasteiger partial charge in [0.05, 0.1) is 23.1 Å². The highest BCUT2D eigenvalue weighted by Crippen LogP contribution is 2.45. The van der Waals surface area contributed by atoms with Crippen LogP contribution in [0, 0.1) is 26.7 Å². The number of nitrogens with zero attached hydrogens (tertiary/aromatic N) is 2. The van der Waals surface area contributed by atoms with Gasteiger partial charge in [0.1, 0.15) is 0 Å². The van der Waals surface area contributed by atoms with Gasteiger partial charge < -0.3 is 20.3 Å². The van der Waals surface area contributed by atoms with Crippen LogP contribution in [0.4, 0.5) is 18.9 Å². The summed E-state index contributed by atoms with van der Waals surface area (Å²) in [6.45, 7) is 6.25. The smallest absolute Gasteiger partial charge is 0.257 e. The number of hydrogen-bond donors (Lipinski definition) is 3. The van der Waals surface area contributed by atoms with E-state index in [2.05, 4.69) is 15.6 Å². The molecule has 1 saturated carbocycles. The summed E-state index contributed by atoms with van der Waals surface area (Å²) < 4.78 is 41.3. The molecule has 1 aliphatic carbocycles. The Morgan fingerprint density at radius 3 is 2.42 bits per heavy atom. The number of aromatic nitrogens is 2. The number of anilines is 1. The molecule has 1 atom stereocenters. The van der Waals surface area contributed by atoms with Gasteiger partial charge in [-0.15, -0.1) is 0 Å². The maximum Gasteiger partial charge on any atom is 0.257 e. The summed E-state index contributed by atoms with van der Waals surface area (Å²) in [5.74, 6) is -4.79. The fourth-order valence-electron chi connectivity index (χ4n) is 4.21. The van der Waals surface area contributed by atoms with Crippen molar-refractivity contribution in [1.29, 1.82) is 0 Å². The van der Waals surface area contributed by atoms with E-state index in [1.54, 1.807) is 20.9 Å². The van der Waals surface area contributed by atoms with E-state index < -0.39 is 48.2 Å². The SMILES string of the molecule is Cc1cc(NC(=O)c2c(C)c(C(O)C(=O)NC3(C)CC(F)(F)C3)n(C)c2C)cnc1F. The maximum atomic E-state index is 13.4. The number of carbonyl (C=O) groups excluding carboxylic acids is 2. The van der Waals surface area contributed by atoms with Crippen LogP contribution < -0.4 is 10.6 Å². The van der Waals surface area contributed by atoms with Crippen LogP contribution in [0.3, 0.4) is 0 Å². The van der Waals surface area contributed by atoms with E-state index >= 15 is 0 Å². The number of alkyl halides is 2. The fraction of sp³-hybridized carbons (Fsp3) is 0.476. The third-order valence-electron chi connectivity index (χ3n) is 5.71. The molecule has 2 aromatic rings. The Hall–Kier alpha value is -2.88. The van der Waals surface area contributed by atoms with Gasteiger partial charge in [0.25, 0.3) is 17.7 Å². The van der Waals surface area contributed by atoms with Crippen molar-refractivity contribution in [3.05, 3.63) is 46.3 Å². The van der Waals surface area contributed by atoms with E-state index in [1.165, 1.54) is 30.7 Å². The van der Waals surface area contributed by atoms with Crippen LogP contribution in [-0.4, -0.2) is 37.9 Å². The molecule has 3 rings (SSSR count). The molecule has 1 fully saturated rings. The van der Waals surface area contributed by atoms with Gasteiger partial charge in [-0.3, -0.25) is 9.59 Å². The van der Waals surface area contributed by atoms with E-state index in [1.807, 2.05) is 0 Å². The molecule has 0 saturated heterocycles. The molecule has 0 aliphatic heterocycles. The van der Waals surface area contributed by atoms with Gasteiger partial charge in [0, 0.05) is 36.7 Å². The van der Waals surface area contributed by atoms with Crippen LogP contribution in [0.15, 0.2) is 12.3 Å². The topological polar surface area (TPSA) is 96.3 Å². The fourth-order valence-corrected chi connectivity index (χ4v) is 4.21. The molecular weight excluding hydrogens is 413 g/mol. The lowest BCUT2D eigenvalue weighted by atomic mass is 9.75. The van der Waals surface area contributed by atoms with Crippen molar-refractivity contribution in [3.8, 4) is 0 Å². The van der Waals surface area contributed by atoms with Crippen molar-refractivity contribution in [2.24, 2.45) is 7.05 Å². The summed E-state index contributed by atoms with van der Waals surface area (Å²) in [6, 6.07) is 1.44. The summed E-state index contributed by atoms with van der Waals surface area (Å²) in [6.07, 6.45) is -1.46. The van der Waals surface area contributed by atoms with E-state index in [0.717, 1.165) is 0 Å². The average molecular weight is 438 g/mol. The lowest BCUT2D eigenvalue weighted by Crippen LogP contribution is -2.61. The Bertz CT molecular complexity index is 1060. The number of halogens is 3. The standard InChI is InChI=1S/C21H25F3N4O3/c1-10-6-13(7-25-17(10)22)26-18(30)14-11(2)15(28(5)12(14)3)16(29)19(31)27-20(4)8-21(23,24)9-20/h6-7,16,29H,8-9H2,1-5H3,(H,26,30)(H,27,31). The Balaban J connectivity index is 1.83. The predicted molar refractivity (Wildman–Crippen MR) is 107 cm³/mol. The Kier molecular flexibility index (Phi) is 5.64. The number of aliphatic hydroxyl groups is 1. The van der Waals surface area contributed by atoms with Gasteiger partial charge in [0.2, 0.25) is 5.95 Å². The zero-order valence-electron chi connectivity index (χ0n) is 17.9. The Morgan fingerprint density at radius 2 is 1.87 bits per heavy atom. The molecule has 2 heterocycles. The molecule has 0 spiro atoms. The van der Waals surface area contributed by atoms with Gasteiger partial charge >= 0.3 is 0 Å². The highest BCUT2D eigenvalue weighted by molar-refractivity contribution is 6.06. The van der Waals surface area contributed by atoms with Gasteiger partial charge in [-0.1, -0.05) is 0 Å². The van der Waals surface area contributed by atoms with Crippen LogP contribution in [0.1, 0.15) is 58.7 Å². The molecule has 168 valence electrons. The van der Waals surface area contributed by atoms with Crippen molar-refractivity contribution in [3.63, 3.8) is 0 Å². The number of carbonyl (C=O) groups is 2. The molecule has 1 aliphatic rings. The second kappa shape index (κ2) is 7.67. The zero-order valence-corrected chi connectivity index (χ0v) is 17.9. The molecule has 10 heteroatoms. The van der Waals surface area contributed by atoms with Crippen LogP contribution in [0.25, 0.3) is 0 Å².